The molecule has 138 valence electrons. The lowest BCUT2D eigenvalue weighted by Crippen LogP contribution is -2.43. The fourth-order valence-corrected chi connectivity index (χ4v) is 4.92. The molecule has 8 heteroatoms. The van der Waals surface area contributed by atoms with Gasteiger partial charge in [0.05, 0.1) is 11.5 Å². The lowest BCUT2D eigenvalue weighted by Gasteiger charge is -2.31. The number of aromatic nitrogens is 2. The largest absolute Gasteiger partial charge is 0.422 e. The van der Waals surface area contributed by atoms with E-state index in [4.69, 9.17) is 9.15 Å². The van der Waals surface area contributed by atoms with Gasteiger partial charge in [0.2, 0.25) is 21.8 Å². The normalized spacial score (nSPS) is 21.3. The average molecular weight is 375 g/mol. The number of benzene rings is 1. The molecule has 1 atom stereocenters. The predicted molar refractivity (Wildman–Crippen MR) is 95.6 cm³/mol. The van der Waals surface area contributed by atoms with Gasteiger partial charge in [-0.1, -0.05) is 31.2 Å². The van der Waals surface area contributed by atoms with Gasteiger partial charge in [0.25, 0.3) is 0 Å². The van der Waals surface area contributed by atoms with Gasteiger partial charge >= 0.3 is 0 Å². The molecule has 7 nitrogen and oxygen atoms in total. The molecule has 0 amide bonds. The number of fused-ring (bicyclic) bond motifs is 1. The maximum Gasteiger partial charge on any atom is 0.246 e. The molecule has 0 unspecified atom stereocenters. The van der Waals surface area contributed by atoms with Crippen molar-refractivity contribution in [3.63, 3.8) is 0 Å². The lowest BCUT2D eigenvalue weighted by atomic mass is 9.98. The molecule has 1 aliphatic heterocycles. The second-order valence-corrected chi connectivity index (χ2v) is 8.41. The SMILES string of the molecule is CCc1nnc([C@H]2CN(S(=O)(=O)C3=Cc4ccccc4CC3)CCO2)o1. The summed E-state index contributed by atoms with van der Waals surface area (Å²) in [4.78, 5) is 0.455. The Hall–Kier alpha value is -2.03. The lowest BCUT2D eigenvalue weighted by molar-refractivity contribution is -0.0175. The van der Waals surface area contributed by atoms with Gasteiger partial charge in [-0.3, -0.25) is 0 Å². The van der Waals surface area contributed by atoms with Crippen LogP contribution in [0.15, 0.2) is 33.6 Å². The molecule has 0 radical (unpaired) electrons. The summed E-state index contributed by atoms with van der Waals surface area (Å²) in [6.45, 7) is 2.74. The highest BCUT2D eigenvalue weighted by Gasteiger charge is 2.35. The minimum absolute atomic E-state index is 0.187. The van der Waals surface area contributed by atoms with Crippen LogP contribution in [0.5, 0.6) is 0 Å². The topological polar surface area (TPSA) is 85.5 Å². The molecule has 0 spiro atoms. The third kappa shape index (κ3) is 3.20. The Morgan fingerprint density at radius 1 is 1.23 bits per heavy atom. The first kappa shape index (κ1) is 17.4. The van der Waals surface area contributed by atoms with E-state index in [1.165, 1.54) is 9.87 Å². The number of aryl methyl sites for hydroxylation is 2. The molecular formula is C18H21N3O4S. The minimum Gasteiger partial charge on any atom is -0.422 e. The third-order valence-electron chi connectivity index (χ3n) is 4.77. The van der Waals surface area contributed by atoms with Gasteiger partial charge in [0.15, 0.2) is 0 Å². The second kappa shape index (κ2) is 6.94. The van der Waals surface area contributed by atoms with E-state index in [2.05, 4.69) is 10.2 Å². The maximum atomic E-state index is 13.1. The molecule has 0 bridgehead atoms. The molecule has 2 aromatic rings. The van der Waals surface area contributed by atoms with Crippen LogP contribution in [-0.4, -0.2) is 42.6 Å². The Kier molecular flexibility index (Phi) is 4.64. The summed E-state index contributed by atoms with van der Waals surface area (Å²) in [6.07, 6.45) is 3.15. The second-order valence-electron chi connectivity index (χ2n) is 6.42. The van der Waals surface area contributed by atoms with Crippen LogP contribution in [0.3, 0.4) is 0 Å². The predicted octanol–water partition coefficient (Wildman–Crippen LogP) is 2.32. The number of hydrogen-bond donors (Lipinski definition) is 0. The summed E-state index contributed by atoms with van der Waals surface area (Å²) in [5.41, 5.74) is 2.16. The molecule has 2 heterocycles. The first-order valence-electron chi connectivity index (χ1n) is 8.80. The highest BCUT2D eigenvalue weighted by molar-refractivity contribution is 7.93. The quantitative estimate of drug-likeness (QED) is 0.815. The van der Waals surface area contributed by atoms with Crippen molar-refractivity contribution in [1.29, 1.82) is 0 Å². The highest BCUT2D eigenvalue weighted by Crippen LogP contribution is 2.31. The maximum absolute atomic E-state index is 13.1. The molecule has 0 saturated carbocycles. The van der Waals surface area contributed by atoms with Crippen molar-refractivity contribution in [3.05, 3.63) is 52.1 Å². The monoisotopic (exact) mass is 375 g/mol. The Bertz CT molecular complexity index is 935. The van der Waals surface area contributed by atoms with Gasteiger partial charge in [-0.05, 0) is 30.0 Å². The fourth-order valence-electron chi connectivity index (χ4n) is 3.31. The number of nitrogens with zero attached hydrogens (tertiary/aromatic N) is 3. The van der Waals surface area contributed by atoms with Crippen molar-refractivity contribution in [1.82, 2.24) is 14.5 Å². The molecule has 26 heavy (non-hydrogen) atoms. The van der Waals surface area contributed by atoms with Crippen LogP contribution in [0.1, 0.15) is 42.4 Å². The van der Waals surface area contributed by atoms with Gasteiger partial charge in [0.1, 0.15) is 6.10 Å². The molecule has 0 N–H and O–H groups in total. The van der Waals surface area contributed by atoms with E-state index in [-0.39, 0.29) is 6.54 Å². The first-order chi connectivity index (χ1) is 12.6. The number of rotatable bonds is 4. The Morgan fingerprint density at radius 2 is 2.08 bits per heavy atom. The van der Waals surface area contributed by atoms with Crippen molar-refractivity contribution >= 4 is 16.1 Å². The smallest absolute Gasteiger partial charge is 0.246 e. The van der Waals surface area contributed by atoms with Crippen molar-refractivity contribution < 1.29 is 17.6 Å². The number of allylic oxidation sites excluding steroid dienone is 1. The van der Waals surface area contributed by atoms with Crippen LogP contribution in [0, 0.1) is 0 Å². The van der Waals surface area contributed by atoms with Gasteiger partial charge in [-0.2, -0.15) is 4.31 Å². The third-order valence-corrected chi connectivity index (χ3v) is 6.77. The molecule has 1 saturated heterocycles. The molecule has 1 aromatic heterocycles. The zero-order chi connectivity index (χ0) is 18.1. The molecule has 4 rings (SSSR count). The van der Waals surface area contributed by atoms with Crippen LogP contribution in [0.4, 0.5) is 0 Å². The van der Waals surface area contributed by atoms with Crippen LogP contribution in [-0.2, 0) is 27.6 Å². The summed E-state index contributed by atoms with van der Waals surface area (Å²) < 4.78 is 38.9. The average Bonchev–Trinajstić information content (AvgIpc) is 3.17. The minimum atomic E-state index is -3.54. The van der Waals surface area contributed by atoms with Crippen molar-refractivity contribution in [2.45, 2.75) is 32.3 Å². The summed E-state index contributed by atoms with van der Waals surface area (Å²) in [6, 6.07) is 7.90. The molecular weight excluding hydrogens is 354 g/mol. The Balaban J connectivity index is 1.57. The summed E-state index contributed by atoms with van der Waals surface area (Å²) in [5, 5.41) is 7.93. The van der Waals surface area contributed by atoms with Crippen molar-refractivity contribution in [3.8, 4) is 0 Å². The summed E-state index contributed by atoms with van der Waals surface area (Å²) in [5.74, 6) is 0.861. The van der Waals surface area contributed by atoms with Crippen molar-refractivity contribution in [2.24, 2.45) is 0 Å². The van der Waals surface area contributed by atoms with Gasteiger partial charge in [-0.25, -0.2) is 8.42 Å². The van der Waals surface area contributed by atoms with Crippen LogP contribution in [0.25, 0.3) is 6.08 Å². The van der Waals surface area contributed by atoms with Crippen LogP contribution in [0.2, 0.25) is 0 Å². The Labute approximate surface area is 152 Å². The van der Waals surface area contributed by atoms with Gasteiger partial charge < -0.3 is 9.15 Å². The highest BCUT2D eigenvalue weighted by atomic mass is 32.2. The zero-order valence-corrected chi connectivity index (χ0v) is 15.4. The van der Waals surface area contributed by atoms with E-state index in [1.807, 2.05) is 31.2 Å². The molecule has 1 aromatic carbocycles. The van der Waals surface area contributed by atoms with Gasteiger partial charge in [0, 0.05) is 19.5 Å². The number of sulfonamides is 1. The van der Waals surface area contributed by atoms with E-state index >= 15 is 0 Å². The zero-order valence-electron chi connectivity index (χ0n) is 14.6. The van der Waals surface area contributed by atoms with E-state index < -0.39 is 16.1 Å². The molecule has 2 aliphatic rings. The van der Waals surface area contributed by atoms with Crippen molar-refractivity contribution in [2.75, 3.05) is 19.7 Å². The van der Waals surface area contributed by atoms with Crippen LogP contribution >= 0.6 is 0 Å². The standard InChI is InChI=1S/C18H21N3O4S/c1-2-17-19-20-18(25-17)16-12-21(9-10-24-16)26(22,23)15-8-7-13-5-3-4-6-14(13)11-15/h3-6,11,16H,2,7-10,12H2,1H3/t16-/m1/s1. The summed E-state index contributed by atoms with van der Waals surface area (Å²) >= 11 is 0. The fraction of sp³-hybridized carbons (Fsp3) is 0.444. The van der Waals surface area contributed by atoms with E-state index in [0.29, 0.717) is 42.7 Å². The molecule has 1 aliphatic carbocycles. The van der Waals surface area contributed by atoms with Gasteiger partial charge in [-0.15, -0.1) is 10.2 Å². The van der Waals surface area contributed by atoms with E-state index in [0.717, 1.165) is 12.0 Å². The van der Waals surface area contributed by atoms with Crippen LogP contribution < -0.4 is 0 Å². The molecule has 1 fully saturated rings. The number of morpholine rings is 1. The van der Waals surface area contributed by atoms with E-state index in [9.17, 15) is 8.42 Å². The Morgan fingerprint density at radius 3 is 2.88 bits per heavy atom. The first-order valence-corrected chi connectivity index (χ1v) is 10.2. The van der Waals surface area contributed by atoms with E-state index in [1.54, 1.807) is 6.08 Å². The summed E-state index contributed by atoms with van der Waals surface area (Å²) in [7, 11) is -3.54. The number of hydrogen-bond acceptors (Lipinski definition) is 6. The number of ether oxygens (including phenoxy) is 1.